The van der Waals surface area contributed by atoms with E-state index in [1.165, 1.54) is 0 Å². The van der Waals surface area contributed by atoms with Crippen molar-refractivity contribution in [3.63, 3.8) is 0 Å². The molecule has 0 aromatic rings. The van der Waals surface area contributed by atoms with Crippen LogP contribution in [0.2, 0.25) is 0 Å². The molecule has 0 aliphatic carbocycles. The van der Waals surface area contributed by atoms with Crippen LogP contribution in [0.5, 0.6) is 0 Å². The van der Waals surface area contributed by atoms with E-state index in [1.54, 1.807) is 0 Å². The van der Waals surface area contributed by atoms with Gasteiger partial charge in [0, 0.05) is 46.5 Å². The predicted octanol–water partition coefficient (Wildman–Crippen LogP) is -0.654. The Balaban J connectivity index is 2.66. The maximum absolute atomic E-state index is 12.1. The number of aliphatic hydroxyl groups excluding tert-OH is 1. The summed E-state index contributed by atoms with van der Waals surface area (Å²) in [6, 6.07) is -1.60. The molecule has 2 heterocycles. The van der Waals surface area contributed by atoms with Crippen LogP contribution in [0.1, 0.15) is 41.5 Å². The Morgan fingerprint density at radius 1 is 0.651 bits per heavy atom. The SMILES string of the molecule is CC(=O)OC[C@H]1O[C@@H](O[C@H]2[C@H](OC(C)=O)[C@@H](N=[N+]=[N-])[C@H](O)O[C@@H]2COC(C)=O)[C@H](OC(C)=O)[C@@H](OC(C)=O)[C@H]1OC(C)=O. The van der Waals surface area contributed by atoms with Gasteiger partial charge in [0.2, 0.25) is 0 Å². The highest BCUT2D eigenvalue weighted by Crippen LogP contribution is 2.34. The Morgan fingerprint density at radius 2 is 1.09 bits per heavy atom. The van der Waals surface area contributed by atoms with Crippen molar-refractivity contribution in [1.29, 1.82) is 0 Å². The Bertz CT molecular complexity index is 1110. The molecule has 19 heteroatoms. The van der Waals surface area contributed by atoms with E-state index in [2.05, 4.69) is 10.0 Å². The van der Waals surface area contributed by atoms with Crippen LogP contribution in [-0.2, 0) is 71.4 Å². The summed E-state index contributed by atoms with van der Waals surface area (Å²) in [6.07, 6.45) is -14.4. The number of ether oxygens (including phenoxy) is 9. The van der Waals surface area contributed by atoms with Crippen molar-refractivity contribution < 1.29 is 76.5 Å². The number of azide groups is 1. The van der Waals surface area contributed by atoms with E-state index in [1.807, 2.05) is 0 Å². The van der Waals surface area contributed by atoms with Gasteiger partial charge >= 0.3 is 35.8 Å². The highest BCUT2D eigenvalue weighted by molar-refractivity contribution is 5.69. The first-order valence-electron chi connectivity index (χ1n) is 12.8. The Hall–Kier alpha value is -4.03. The van der Waals surface area contributed by atoms with Crippen LogP contribution in [0.4, 0.5) is 0 Å². The van der Waals surface area contributed by atoms with Gasteiger partial charge in [-0.05, 0) is 5.53 Å². The Kier molecular flexibility index (Phi) is 13.1. The summed E-state index contributed by atoms with van der Waals surface area (Å²) in [4.78, 5) is 74.0. The van der Waals surface area contributed by atoms with Crippen molar-refractivity contribution >= 4 is 35.8 Å². The molecule has 2 aliphatic rings. The van der Waals surface area contributed by atoms with Crippen molar-refractivity contribution in [2.24, 2.45) is 5.11 Å². The second-order valence-electron chi connectivity index (χ2n) is 9.31. The van der Waals surface area contributed by atoms with Gasteiger partial charge in [0.15, 0.2) is 30.9 Å². The maximum atomic E-state index is 12.1. The molecule has 0 spiro atoms. The molecule has 19 nitrogen and oxygen atoms in total. The fourth-order valence-electron chi connectivity index (χ4n) is 4.37. The summed E-state index contributed by atoms with van der Waals surface area (Å²) in [5, 5.41) is 13.9. The zero-order valence-electron chi connectivity index (χ0n) is 24.1. The fraction of sp³-hybridized carbons (Fsp3) is 0.750. The summed E-state index contributed by atoms with van der Waals surface area (Å²) in [6.45, 7) is 5.12. The third kappa shape index (κ3) is 10.3. The van der Waals surface area contributed by atoms with E-state index in [4.69, 9.17) is 48.2 Å². The number of aliphatic hydroxyl groups is 1. The molecule has 2 rings (SSSR count). The molecular weight excluding hydrogens is 586 g/mol. The monoisotopic (exact) mass is 619 g/mol. The van der Waals surface area contributed by atoms with Crippen molar-refractivity contribution in [3.8, 4) is 0 Å². The zero-order valence-corrected chi connectivity index (χ0v) is 24.1. The molecule has 0 saturated carbocycles. The number of rotatable bonds is 11. The van der Waals surface area contributed by atoms with Crippen LogP contribution >= 0.6 is 0 Å². The van der Waals surface area contributed by atoms with Crippen LogP contribution in [0.3, 0.4) is 0 Å². The Labute approximate surface area is 244 Å². The summed E-state index contributed by atoms with van der Waals surface area (Å²) in [7, 11) is 0. The summed E-state index contributed by atoms with van der Waals surface area (Å²) >= 11 is 0. The minimum atomic E-state index is -1.86. The third-order valence-electron chi connectivity index (χ3n) is 5.81. The smallest absolute Gasteiger partial charge is 0.303 e. The van der Waals surface area contributed by atoms with Crippen molar-refractivity contribution in [2.75, 3.05) is 13.2 Å². The molecule has 240 valence electrons. The number of hydrogen-bond acceptors (Lipinski definition) is 17. The summed E-state index contributed by atoms with van der Waals surface area (Å²) < 4.78 is 48.8. The average molecular weight is 620 g/mol. The minimum Gasteiger partial charge on any atom is -0.463 e. The number of nitrogens with zero attached hydrogens (tertiary/aromatic N) is 3. The van der Waals surface area contributed by atoms with Gasteiger partial charge in [-0.15, -0.1) is 0 Å². The average Bonchev–Trinajstić information content (AvgIpc) is 2.87. The summed E-state index contributed by atoms with van der Waals surface area (Å²) in [5.74, 6) is -5.09. The highest BCUT2D eigenvalue weighted by Gasteiger charge is 2.56. The van der Waals surface area contributed by atoms with Gasteiger partial charge in [0.05, 0.1) is 0 Å². The lowest BCUT2D eigenvalue weighted by Gasteiger charge is -2.48. The van der Waals surface area contributed by atoms with Crippen LogP contribution in [-0.4, -0.2) is 115 Å². The van der Waals surface area contributed by atoms with Crippen LogP contribution in [0, 0.1) is 0 Å². The number of carbonyl (C=O) groups excluding carboxylic acids is 6. The Morgan fingerprint density at radius 3 is 1.56 bits per heavy atom. The van der Waals surface area contributed by atoms with Crippen molar-refractivity contribution in [2.45, 2.75) is 103 Å². The second-order valence-corrected chi connectivity index (χ2v) is 9.31. The van der Waals surface area contributed by atoms with Crippen molar-refractivity contribution in [3.05, 3.63) is 10.4 Å². The molecule has 0 unspecified atom stereocenters. The standard InChI is InChI=1S/C24H33N3O16/c1-9(28)35-7-15-18(20(38-12(4)31)17(26-27-25)23(34)41-15)43-24-22(40-14(6)33)21(39-13(5)32)19(37-11(3)30)16(42-24)8-36-10(2)29/h15-24,34H,7-8H2,1-6H3/t15-,16-,17-,18-,19+,20-,21+,22-,23-,24+/m1/s1. The molecule has 2 saturated heterocycles. The van der Waals surface area contributed by atoms with Gasteiger partial charge in [-0.3, -0.25) is 28.8 Å². The molecule has 0 bridgehead atoms. The zero-order chi connectivity index (χ0) is 32.4. The molecule has 0 amide bonds. The van der Waals surface area contributed by atoms with E-state index in [0.29, 0.717) is 0 Å². The van der Waals surface area contributed by atoms with Crippen LogP contribution in [0.15, 0.2) is 5.11 Å². The number of hydrogen-bond donors (Lipinski definition) is 1. The van der Waals surface area contributed by atoms with Gasteiger partial charge in [-0.1, -0.05) is 5.11 Å². The molecule has 2 aliphatic heterocycles. The molecule has 0 aromatic heterocycles. The van der Waals surface area contributed by atoms with Gasteiger partial charge < -0.3 is 47.7 Å². The minimum absolute atomic E-state index is 0.566. The van der Waals surface area contributed by atoms with E-state index in [0.717, 1.165) is 41.5 Å². The van der Waals surface area contributed by atoms with E-state index in [9.17, 15) is 33.9 Å². The third-order valence-corrected chi connectivity index (χ3v) is 5.81. The van der Waals surface area contributed by atoms with Crippen LogP contribution < -0.4 is 0 Å². The largest absolute Gasteiger partial charge is 0.463 e. The quantitative estimate of drug-likeness (QED) is 0.0990. The molecule has 1 N–H and O–H groups in total. The first-order chi connectivity index (χ1) is 20.1. The first kappa shape index (κ1) is 35.2. The van der Waals surface area contributed by atoms with E-state index in [-0.39, 0.29) is 0 Å². The lowest BCUT2D eigenvalue weighted by molar-refractivity contribution is -0.346. The summed E-state index contributed by atoms with van der Waals surface area (Å²) in [5.41, 5.74) is 9.06. The lowest BCUT2D eigenvalue weighted by atomic mass is 9.95. The maximum Gasteiger partial charge on any atom is 0.303 e. The van der Waals surface area contributed by atoms with Gasteiger partial charge in [0.1, 0.15) is 43.7 Å². The predicted molar refractivity (Wildman–Crippen MR) is 133 cm³/mol. The van der Waals surface area contributed by atoms with E-state index >= 15 is 0 Å². The molecule has 0 aromatic carbocycles. The van der Waals surface area contributed by atoms with Gasteiger partial charge in [0.25, 0.3) is 0 Å². The molecule has 43 heavy (non-hydrogen) atoms. The first-order valence-corrected chi connectivity index (χ1v) is 12.8. The molecule has 0 radical (unpaired) electrons. The van der Waals surface area contributed by atoms with Crippen molar-refractivity contribution in [1.82, 2.24) is 0 Å². The highest BCUT2D eigenvalue weighted by atomic mass is 16.8. The topological polar surface area (TPSA) is 254 Å². The lowest BCUT2D eigenvalue weighted by Crippen LogP contribution is -2.66. The van der Waals surface area contributed by atoms with Gasteiger partial charge in [-0.2, -0.15) is 0 Å². The molecule has 2 fully saturated rings. The van der Waals surface area contributed by atoms with Crippen LogP contribution in [0.25, 0.3) is 10.4 Å². The number of carbonyl (C=O) groups is 6. The fourth-order valence-corrected chi connectivity index (χ4v) is 4.37. The van der Waals surface area contributed by atoms with E-state index < -0.39 is 110 Å². The molecular formula is C24H33N3O16. The molecule has 10 atom stereocenters. The second kappa shape index (κ2) is 16.0. The van der Waals surface area contributed by atoms with Gasteiger partial charge in [-0.25, -0.2) is 0 Å². The normalized spacial score (nSPS) is 31.8. The number of esters is 6.